The number of para-hydroxylation sites is 1. The zero-order valence-electron chi connectivity index (χ0n) is 10.5. The highest BCUT2D eigenvalue weighted by Gasteiger charge is 2.04. The van der Waals surface area contributed by atoms with Gasteiger partial charge in [0.2, 0.25) is 0 Å². The number of hydrogen-bond donors (Lipinski definition) is 1. The molecule has 0 saturated carbocycles. The van der Waals surface area contributed by atoms with E-state index in [0.29, 0.717) is 5.75 Å². The number of halogens is 1. The summed E-state index contributed by atoms with van der Waals surface area (Å²) in [6, 6.07) is 14.9. The Morgan fingerprint density at radius 2 is 1.95 bits per heavy atom. The van der Waals surface area contributed by atoms with Crippen molar-refractivity contribution in [1.82, 2.24) is 0 Å². The van der Waals surface area contributed by atoms with Crippen molar-refractivity contribution < 1.29 is 9.53 Å². The predicted octanol–water partition coefficient (Wildman–Crippen LogP) is 3.78. The normalized spacial score (nSPS) is 10.0. The zero-order valence-corrected chi connectivity index (χ0v) is 12.1. The Hall–Kier alpha value is -1.81. The number of hydrogen-bond acceptors (Lipinski definition) is 2. The number of ether oxygens (including phenoxy) is 1. The molecule has 0 fully saturated rings. The van der Waals surface area contributed by atoms with Gasteiger partial charge in [-0.1, -0.05) is 40.2 Å². The van der Waals surface area contributed by atoms with E-state index in [1.165, 1.54) is 0 Å². The lowest BCUT2D eigenvalue weighted by molar-refractivity contribution is -0.118. The molecular weight excluding hydrogens is 306 g/mol. The summed E-state index contributed by atoms with van der Waals surface area (Å²) in [5.74, 6) is 0.502. The highest BCUT2D eigenvalue weighted by Crippen LogP contribution is 2.20. The lowest BCUT2D eigenvalue weighted by Gasteiger charge is -2.08. The number of carbonyl (C=O) groups excluding carboxylic acids is 1. The van der Waals surface area contributed by atoms with Gasteiger partial charge in [-0.25, -0.2) is 0 Å². The molecule has 0 spiro atoms. The van der Waals surface area contributed by atoms with Gasteiger partial charge in [-0.15, -0.1) is 0 Å². The third kappa shape index (κ3) is 4.10. The maximum atomic E-state index is 11.7. The number of anilines is 1. The minimum absolute atomic E-state index is 0.00446. The second-order valence-electron chi connectivity index (χ2n) is 4.11. The summed E-state index contributed by atoms with van der Waals surface area (Å²) < 4.78 is 6.34. The molecular formula is C15H14BrNO2. The van der Waals surface area contributed by atoms with Crippen molar-refractivity contribution in [2.45, 2.75) is 6.92 Å². The van der Waals surface area contributed by atoms with Crippen LogP contribution < -0.4 is 10.1 Å². The Morgan fingerprint density at radius 3 is 2.63 bits per heavy atom. The van der Waals surface area contributed by atoms with Crippen molar-refractivity contribution in [3.63, 3.8) is 0 Å². The molecule has 98 valence electrons. The van der Waals surface area contributed by atoms with Crippen LogP contribution in [0, 0.1) is 6.92 Å². The van der Waals surface area contributed by atoms with Crippen LogP contribution in [0.3, 0.4) is 0 Å². The Kier molecular flexibility index (Phi) is 4.58. The molecule has 0 saturated heterocycles. The molecule has 3 nitrogen and oxygen atoms in total. The van der Waals surface area contributed by atoms with Gasteiger partial charge in [-0.3, -0.25) is 4.79 Å². The first kappa shape index (κ1) is 13.6. The summed E-state index contributed by atoms with van der Waals surface area (Å²) in [6.45, 7) is 1.99. The Balaban J connectivity index is 1.89. The van der Waals surface area contributed by atoms with Crippen molar-refractivity contribution in [3.05, 3.63) is 58.6 Å². The van der Waals surface area contributed by atoms with Crippen LogP contribution in [-0.4, -0.2) is 12.5 Å². The summed E-state index contributed by atoms with van der Waals surface area (Å²) in [5, 5.41) is 2.79. The number of nitrogens with one attached hydrogen (secondary N) is 1. The van der Waals surface area contributed by atoms with Crippen LogP contribution in [0.1, 0.15) is 5.56 Å². The first-order valence-corrected chi connectivity index (χ1v) is 6.68. The molecule has 1 amide bonds. The molecule has 0 heterocycles. The monoisotopic (exact) mass is 319 g/mol. The van der Waals surface area contributed by atoms with E-state index in [2.05, 4.69) is 21.2 Å². The fourth-order valence-electron chi connectivity index (χ4n) is 1.53. The van der Waals surface area contributed by atoms with Crippen LogP contribution in [0.25, 0.3) is 0 Å². The van der Waals surface area contributed by atoms with E-state index in [9.17, 15) is 4.79 Å². The number of amides is 1. The Bertz CT molecular complexity index is 570. The number of aryl methyl sites for hydroxylation is 1. The van der Waals surface area contributed by atoms with Crippen LogP contribution in [-0.2, 0) is 4.79 Å². The highest BCUT2D eigenvalue weighted by atomic mass is 79.9. The van der Waals surface area contributed by atoms with Gasteiger partial charge in [-0.2, -0.15) is 0 Å². The van der Waals surface area contributed by atoms with E-state index in [0.717, 1.165) is 15.7 Å². The molecule has 0 aromatic heterocycles. The van der Waals surface area contributed by atoms with Crippen LogP contribution >= 0.6 is 15.9 Å². The fraction of sp³-hybridized carbons (Fsp3) is 0.133. The van der Waals surface area contributed by atoms with E-state index >= 15 is 0 Å². The van der Waals surface area contributed by atoms with Gasteiger partial charge in [0, 0.05) is 10.2 Å². The minimum atomic E-state index is -0.181. The van der Waals surface area contributed by atoms with E-state index in [1.807, 2.05) is 55.5 Å². The topological polar surface area (TPSA) is 38.3 Å². The molecule has 0 aliphatic heterocycles. The molecule has 0 bridgehead atoms. The third-order valence-electron chi connectivity index (χ3n) is 2.57. The summed E-state index contributed by atoms with van der Waals surface area (Å²) in [4.78, 5) is 11.7. The highest BCUT2D eigenvalue weighted by molar-refractivity contribution is 9.10. The fourth-order valence-corrected chi connectivity index (χ4v) is 1.91. The number of rotatable bonds is 4. The largest absolute Gasteiger partial charge is 0.484 e. The first-order chi connectivity index (χ1) is 9.15. The molecule has 2 aromatic rings. The van der Waals surface area contributed by atoms with Gasteiger partial charge < -0.3 is 10.1 Å². The van der Waals surface area contributed by atoms with Crippen molar-refractivity contribution in [3.8, 4) is 5.75 Å². The maximum Gasteiger partial charge on any atom is 0.262 e. The van der Waals surface area contributed by atoms with Crippen LogP contribution in [0.5, 0.6) is 5.75 Å². The van der Waals surface area contributed by atoms with E-state index in [-0.39, 0.29) is 12.5 Å². The second-order valence-corrected chi connectivity index (χ2v) is 4.97. The van der Waals surface area contributed by atoms with E-state index < -0.39 is 0 Å². The first-order valence-electron chi connectivity index (χ1n) is 5.89. The lowest BCUT2D eigenvalue weighted by atomic mass is 10.2. The SMILES string of the molecule is Cc1ccc(NC(=O)COc2ccccc2)cc1Br. The van der Waals surface area contributed by atoms with Crippen molar-refractivity contribution in [2.24, 2.45) is 0 Å². The van der Waals surface area contributed by atoms with Crippen molar-refractivity contribution in [1.29, 1.82) is 0 Å². The van der Waals surface area contributed by atoms with Gasteiger partial charge in [0.1, 0.15) is 5.75 Å². The van der Waals surface area contributed by atoms with Gasteiger partial charge in [0.05, 0.1) is 0 Å². The average molecular weight is 320 g/mol. The Labute approximate surface area is 120 Å². The molecule has 0 unspecified atom stereocenters. The number of benzene rings is 2. The standard InChI is InChI=1S/C15H14BrNO2/c1-11-7-8-12(9-14(11)16)17-15(18)10-19-13-5-3-2-4-6-13/h2-9H,10H2,1H3,(H,17,18). The van der Waals surface area contributed by atoms with Gasteiger partial charge in [-0.05, 0) is 36.8 Å². The van der Waals surface area contributed by atoms with Gasteiger partial charge in [0.25, 0.3) is 5.91 Å². The van der Waals surface area contributed by atoms with Crippen LogP contribution in [0.4, 0.5) is 5.69 Å². The Morgan fingerprint density at radius 1 is 1.21 bits per heavy atom. The molecule has 2 rings (SSSR count). The lowest BCUT2D eigenvalue weighted by Crippen LogP contribution is -2.20. The van der Waals surface area contributed by atoms with Crippen molar-refractivity contribution in [2.75, 3.05) is 11.9 Å². The quantitative estimate of drug-likeness (QED) is 0.931. The summed E-state index contributed by atoms with van der Waals surface area (Å²) in [6.07, 6.45) is 0. The molecule has 0 aliphatic rings. The third-order valence-corrected chi connectivity index (χ3v) is 3.42. The molecule has 0 atom stereocenters. The average Bonchev–Trinajstić information content (AvgIpc) is 2.42. The van der Waals surface area contributed by atoms with Gasteiger partial charge in [0.15, 0.2) is 6.61 Å². The minimum Gasteiger partial charge on any atom is -0.484 e. The second kappa shape index (κ2) is 6.38. The molecule has 2 aromatic carbocycles. The van der Waals surface area contributed by atoms with E-state index in [4.69, 9.17) is 4.74 Å². The molecule has 0 aliphatic carbocycles. The van der Waals surface area contributed by atoms with Crippen molar-refractivity contribution >= 4 is 27.5 Å². The summed E-state index contributed by atoms with van der Waals surface area (Å²) >= 11 is 3.43. The predicted molar refractivity (Wildman–Crippen MR) is 79.4 cm³/mol. The smallest absolute Gasteiger partial charge is 0.262 e. The van der Waals surface area contributed by atoms with Crippen LogP contribution in [0.2, 0.25) is 0 Å². The zero-order chi connectivity index (χ0) is 13.7. The number of carbonyl (C=O) groups is 1. The molecule has 0 radical (unpaired) electrons. The van der Waals surface area contributed by atoms with E-state index in [1.54, 1.807) is 0 Å². The maximum absolute atomic E-state index is 11.7. The van der Waals surface area contributed by atoms with Crippen LogP contribution in [0.15, 0.2) is 53.0 Å². The molecule has 19 heavy (non-hydrogen) atoms. The molecule has 4 heteroatoms. The summed E-state index contributed by atoms with van der Waals surface area (Å²) in [7, 11) is 0. The molecule has 1 N–H and O–H groups in total. The summed E-state index contributed by atoms with van der Waals surface area (Å²) in [5.41, 5.74) is 1.87. The van der Waals surface area contributed by atoms with Gasteiger partial charge >= 0.3 is 0 Å².